The van der Waals surface area contributed by atoms with Gasteiger partial charge in [-0.25, -0.2) is 12.8 Å². The maximum atomic E-state index is 13.2. The molecule has 0 aliphatic carbocycles. The average Bonchev–Trinajstić information content (AvgIpc) is 2.69. The Morgan fingerprint density at radius 1 is 1.07 bits per heavy atom. The fourth-order valence-electron chi connectivity index (χ4n) is 3.47. The van der Waals surface area contributed by atoms with Crippen LogP contribution >= 0.6 is 0 Å². The minimum absolute atomic E-state index is 0.139. The Balaban J connectivity index is 1.81. The Kier molecular flexibility index (Phi) is 6.36. The summed E-state index contributed by atoms with van der Waals surface area (Å²) in [6.45, 7) is 6.49. The Morgan fingerprint density at radius 2 is 1.62 bits per heavy atom. The smallest absolute Gasteiger partial charge is 0.258 e. The molecule has 0 N–H and O–H groups in total. The van der Waals surface area contributed by atoms with Gasteiger partial charge in [0, 0.05) is 30.9 Å². The molecule has 1 fully saturated rings. The molecule has 0 radical (unpaired) electrons. The van der Waals surface area contributed by atoms with Gasteiger partial charge in [-0.1, -0.05) is 0 Å². The van der Waals surface area contributed by atoms with Crippen molar-refractivity contribution in [3.8, 4) is 0 Å². The minimum atomic E-state index is -3.67. The number of amides is 1. The molecule has 6 nitrogen and oxygen atoms in total. The molecule has 29 heavy (non-hydrogen) atoms. The maximum absolute atomic E-state index is 13.2. The van der Waals surface area contributed by atoms with Crippen LogP contribution in [0, 0.1) is 5.82 Å². The second-order valence-corrected chi connectivity index (χ2v) is 9.07. The number of rotatable bonds is 5. The summed E-state index contributed by atoms with van der Waals surface area (Å²) in [4.78, 5) is 14.5. The number of carbonyl (C=O) groups excluding carboxylic acids is 1. The molecule has 0 bridgehead atoms. The van der Waals surface area contributed by atoms with E-state index in [1.165, 1.54) is 57.7 Å². The molecular weight excluding hydrogens is 395 g/mol. The van der Waals surface area contributed by atoms with Gasteiger partial charge in [-0.2, -0.15) is 4.31 Å². The van der Waals surface area contributed by atoms with Gasteiger partial charge in [0.1, 0.15) is 5.82 Å². The van der Waals surface area contributed by atoms with Crippen molar-refractivity contribution in [2.75, 3.05) is 24.5 Å². The number of nitrogens with zero attached hydrogens (tertiary/aromatic N) is 2. The topological polar surface area (TPSA) is 66.9 Å². The third-order valence-electron chi connectivity index (χ3n) is 4.82. The highest BCUT2D eigenvalue weighted by Gasteiger charge is 2.32. The Hall–Kier alpha value is -2.29. The zero-order valence-electron chi connectivity index (χ0n) is 16.7. The van der Waals surface area contributed by atoms with Crippen LogP contribution in [0.1, 0.15) is 31.1 Å². The van der Waals surface area contributed by atoms with Crippen LogP contribution in [0.4, 0.5) is 10.1 Å². The van der Waals surface area contributed by atoms with E-state index in [1.54, 1.807) is 0 Å². The normalized spacial score (nSPS) is 20.4. The van der Waals surface area contributed by atoms with Crippen molar-refractivity contribution in [2.45, 2.75) is 37.9 Å². The van der Waals surface area contributed by atoms with Crippen LogP contribution in [0.25, 0.3) is 0 Å². The molecule has 1 aliphatic heterocycles. The van der Waals surface area contributed by atoms with E-state index in [0.29, 0.717) is 30.9 Å². The summed E-state index contributed by atoms with van der Waals surface area (Å²) < 4.78 is 46.1. The van der Waals surface area contributed by atoms with E-state index in [9.17, 15) is 17.6 Å². The predicted octanol–water partition coefficient (Wildman–Crippen LogP) is 3.29. The minimum Gasteiger partial charge on any atom is -0.373 e. The Morgan fingerprint density at radius 3 is 2.14 bits per heavy atom. The molecule has 1 amide bonds. The first-order valence-electron chi connectivity index (χ1n) is 9.55. The van der Waals surface area contributed by atoms with Gasteiger partial charge < -0.3 is 9.64 Å². The number of hydrogen-bond acceptors (Lipinski definition) is 4. The summed E-state index contributed by atoms with van der Waals surface area (Å²) >= 11 is 0. The zero-order chi connectivity index (χ0) is 21.2. The molecule has 2 aromatic carbocycles. The largest absolute Gasteiger partial charge is 0.373 e. The van der Waals surface area contributed by atoms with Gasteiger partial charge in [0.2, 0.25) is 10.0 Å². The highest BCUT2D eigenvalue weighted by Crippen LogP contribution is 2.23. The van der Waals surface area contributed by atoms with Crippen molar-refractivity contribution in [3.63, 3.8) is 0 Å². The quantitative estimate of drug-likeness (QED) is 0.745. The zero-order valence-corrected chi connectivity index (χ0v) is 17.5. The molecule has 2 atom stereocenters. The molecule has 0 saturated carbocycles. The summed E-state index contributed by atoms with van der Waals surface area (Å²) in [5.74, 6) is -0.657. The third-order valence-corrected chi connectivity index (χ3v) is 6.67. The summed E-state index contributed by atoms with van der Waals surface area (Å²) in [5.41, 5.74) is 0.936. The average molecular weight is 421 g/mol. The van der Waals surface area contributed by atoms with Crippen LogP contribution in [-0.2, 0) is 14.8 Å². The first-order valence-corrected chi connectivity index (χ1v) is 11.0. The van der Waals surface area contributed by atoms with Crippen molar-refractivity contribution in [1.29, 1.82) is 0 Å². The summed E-state index contributed by atoms with van der Waals surface area (Å²) in [6, 6.07) is 11.6. The van der Waals surface area contributed by atoms with E-state index in [-0.39, 0.29) is 28.8 Å². The van der Waals surface area contributed by atoms with Crippen molar-refractivity contribution >= 4 is 21.6 Å². The monoisotopic (exact) mass is 420 g/mol. The first kappa shape index (κ1) is 21.4. The number of anilines is 1. The van der Waals surface area contributed by atoms with Crippen molar-refractivity contribution in [2.24, 2.45) is 0 Å². The van der Waals surface area contributed by atoms with Gasteiger partial charge >= 0.3 is 0 Å². The van der Waals surface area contributed by atoms with Gasteiger partial charge in [-0.3, -0.25) is 4.79 Å². The van der Waals surface area contributed by atoms with Gasteiger partial charge in [0.25, 0.3) is 5.91 Å². The molecule has 156 valence electrons. The number of ether oxygens (including phenoxy) is 1. The van der Waals surface area contributed by atoms with E-state index >= 15 is 0 Å². The molecule has 2 aromatic rings. The highest BCUT2D eigenvalue weighted by molar-refractivity contribution is 7.89. The predicted molar refractivity (Wildman–Crippen MR) is 109 cm³/mol. The molecule has 0 spiro atoms. The van der Waals surface area contributed by atoms with Crippen LogP contribution < -0.4 is 4.90 Å². The number of hydrogen-bond donors (Lipinski definition) is 0. The number of sulfonamides is 1. The van der Waals surface area contributed by atoms with Crippen LogP contribution in [0.3, 0.4) is 0 Å². The van der Waals surface area contributed by atoms with Crippen LogP contribution in [0.15, 0.2) is 53.4 Å². The fourth-order valence-corrected chi connectivity index (χ4v) is 5.06. The second-order valence-electron chi connectivity index (χ2n) is 7.13. The van der Waals surface area contributed by atoms with E-state index in [2.05, 4.69) is 0 Å². The van der Waals surface area contributed by atoms with Crippen LogP contribution in [0.5, 0.6) is 0 Å². The highest BCUT2D eigenvalue weighted by atomic mass is 32.2. The third kappa shape index (κ3) is 4.66. The molecule has 3 rings (SSSR count). The maximum Gasteiger partial charge on any atom is 0.258 e. The molecule has 1 heterocycles. The summed E-state index contributed by atoms with van der Waals surface area (Å²) in [5, 5.41) is 0. The lowest BCUT2D eigenvalue weighted by molar-refractivity contribution is -0.0440. The number of carbonyl (C=O) groups is 1. The number of halogens is 1. The molecular formula is C21H25FN2O4S. The lowest BCUT2D eigenvalue weighted by atomic mass is 10.2. The van der Waals surface area contributed by atoms with Crippen molar-refractivity contribution in [3.05, 3.63) is 59.9 Å². The lowest BCUT2D eigenvalue weighted by Crippen LogP contribution is -2.48. The van der Waals surface area contributed by atoms with Gasteiger partial charge in [0.05, 0.1) is 17.1 Å². The van der Waals surface area contributed by atoms with Gasteiger partial charge in [0.15, 0.2) is 0 Å². The van der Waals surface area contributed by atoms with Crippen LogP contribution in [-0.4, -0.2) is 50.5 Å². The number of morpholine rings is 1. The summed E-state index contributed by atoms with van der Waals surface area (Å²) in [7, 11) is -3.67. The molecule has 0 aromatic heterocycles. The fraction of sp³-hybridized carbons (Fsp3) is 0.381. The van der Waals surface area contributed by atoms with E-state index in [1.807, 2.05) is 20.8 Å². The second kappa shape index (κ2) is 8.61. The van der Waals surface area contributed by atoms with E-state index in [4.69, 9.17) is 4.74 Å². The molecule has 0 unspecified atom stereocenters. The van der Waals surface area contributed by atoms with Crippen molar-refractivity contribution < 1.29 is 22.3 Å². The standard InChI is InChI=1S/C21H25FN2O4S/c1-4-24(19-9-7-18(22)8-10-19)21(25)17-5-11-20(12-6-17)29(26,27)23-13-15(2)28-16(3)14-23/h5-12,15-16H,4,13-14H2,1-3H3/t15-,16-/m0/s1. The Labute approximate surface area is 170 Å². The SMILES string of the molecule is CCN(C(=O)c1ccc(S(=O)(=O)N2C[C@H](C)O[C@@H](C)C2)cc1)c1ccc(F)cc1. The molecule has 1 aliphatic rings. The van der Waals surface area contributed by atoms with Crippen molar-refractivity contribution in [1.82, 2.24) is 4.31 Å². The summed E-state index contributed by atoms with van der Waals surface area (Å²) in [6.07, 6.45) is -0.355. The Bertz CT molecular complexity index is 951. The van der Waals surface area contributed by atoms with Gasteiger partial charge in [-0.05, 0) is 69.3 Å². The van der Waals surface area contributed by atoms with Crippen LogP contribution in [0.2, 0.25) is 0 Å². The first-order chi connectivity index (χ1) is 13.7. The van der Waals surface area contributed by atoms with Gasteiger partial charge in [-0.15, -0.1) is 0 Å². The number of benzene rings is 2. The van der Waals surface area contributed by atoms with E-state index in [0.717, 1.165) is 0 Å². The van der Waals surface area contributed by atoms with E-state index < -0.39 is 10.0 Å². The lowest BCUT2D eigenvalue weighted by Gasteiger charge is -2.34. The molecule has 8 heteroatoms. The molecule has 1 saturated heterocycles.